The maximum atomic E-state index is 12.3. The number of carbonyl (C=O) groups is 1. The van der Waals surface area contributed by atoms with Crippen LogP contribution in [0.5, 0.6) is 0 Å². The lowest BCUT2D eigenvalue weighted by atomic mass is 9.99. The van der Waals surface area contributed by atoms with Crippen molar-refractivity contribution in [2.75, 3.05) is 6.54 Å². The molecule has 0 saturated heterocycles. The molecule has 1 unspecified atom stereocenters. The van der Waals surface area contributed by atoms with E-state index in [1.807, 2.05) is 19.1 Å². The van der Waals surface area contributed by atoms with E-state index < -0.39 is 0 Å². The molecule has 1 aromatic heterocycles. The molecule has 0 fully saturated rings. The molecule has 0 saturated carbocycles. The molecule has 1 aliphatic heterocycles. The van der Waals surface area contributed by atoms with Crippen LogP contribution in [0.3, 0.4) is 0 Å². The lowest BCUT2D eigenvalue weighted by Gasteiger charge is -2.32. The van der Waals surface area contributed by atoms with Crippen LogP contribution in [0.1, 0.15) is 23.8 Å². The molecule has 3 rings (SSSR count). The van der Waals surface area contributed by atoms with E-state index in [0.717, 1.165) is 25.3 Å². The average Bonchev–Trinajstić information content (AvgIpc) is 3.05. The van der Waals surface area contributed by atoms with E-state index in [1.165, 1.54) is 11.1 Å². The van der Waals surface area contributed by atoms with Crippen LogP contribution >= 0.6 is 0 Å². The number of hydrogen-bond donors (Lipinski definition) is 1. The molecule has 4 nitrogen and oxygen atoms in total. The molecule has 4 heteroatoms. The maximum Gasteiger partial charge on any atom is 0.237 e. The summed E-state index contributed by atoms with van der Waals surface area (Å²) in [4.78, 5) is 14.5. The van der Waals surface area contributed by atoms with Gasteiger partial charge in [0.1, 0.15) is 5.76 Å². The SMILES string of the molecule is CC(C(=O)NCc1ccco1)N1CCc2ccccc2C1. The second-order valence-electron chi connectivity index (χ2n) is 5.46. The highest BCUT2D eigenvalue weighted by Crippen LogP contribution is 2.20. The molecule has 2 heterocycles. The fourth-order valence-corrected chi connectivity index (χ4v) is 2.75. The fourth-order valence-electron chi connectivity index (χ4n) is 2.75. The zero-order valence-electron chi connectivity index (χ0n) is 12.2. The maximum absolute atomic E-state index is 12.3. The highest BCUT2D eigenvalue weighted by atomic mass is 16.3. The summed E-state index contributed by atoms with van der Waals surface area (Å²) in [6.07, 6.45) is 2.62. The van der Waals surface area contributed by atoms with Gasteiger partial charge in [0.25, 0.3) is 0 Å². The van der Waals surface area contributed by atoms with Crippen LogP contribution in [-0.2, 0) is 24.3 Å². The Hall–Kier alpha value is -2.07. The standard InChI is InChI=1S/C17H20N2O2/c1-13(17(20)18-11-16-7-4-10-21-16)19-9-8-14-5-2-3-6-15(14)12-19/h2-7,10,13H,8-9,11-12H2,1H3,(H,18,20). The van der Waals surface area contributed by atoms with Crippen molar-refractivity contribution >= 4 is 5.91 Å². The van der Waals surface area contributed by atoms with Crippen LogP contribution in [0.15, 0.2) is 47.1 Å². The monoisotopic (exact) mass is 284 g/mol. The van der Waals surface area contributed by atoms with E-state index in [4.69, 9.17) is 4.42 Å². The second-order valence-corrected chi connectivity index (χ2v) is 5.46. The van der Waals surface area contributed by atoms with Gasteiger partial charge in [-0.25, -0.2) is 0 Å². The van der Waals surface area contributed by atoms with E-state index in [0.29, 0.717) is 6.54 Å². The van der Waals surface area contributed by atoms with Crippen molar-refractivity contribution in [2.24, 2.45) is 0 Å². The molecule has 0 bridgehead atoms. The number of furan rings is 1. The molecule has 1 aromatic carbocycles. The third-order valence-corrected chi connectivity index (χ3v) is 4.10. The highest BCUT2D eigenvalue weighted by Gasteiger charge is 2.24. The van der Waals surface area contributed by atoms with Gasteiger partial charge in [-0.1, -0.05) is 24.3 Å². The molecule has 110 valence electrons. The summed E-state index contributed by atoms with van der Waals surface area (Å²) >= 11 is 0. The minimum Gasteiger partial charge on any atom is -0.467 e. The van der Waals surface area contributed by atoms with Gasteiger partial charge in [0.15, 0.2) is 0 Å². The predicted octanol–water partition coefficient (Wildman–Crippen LogP) is 2.34. The number of rotatable bonds is 4. The summed E-state index contributed by atoms with van der Waals surface area (Å²) in [5.41, 5.74) is 2.73. The van der Waals surface area contributed by atoms with Crippen LogP contribution in [0.25, 0.3) is 0 Å². The van der Waals surface area contributed by atoms with Gasteiger partial charge < -0.3 is 9.73 Å². The molecule has 1 N–H and O–H groups in total. The van der Waals surface area contributed by atoms with Gasteiger partial charge in [0, 0.05) is 13.1 Å². The Labute approximate surface area is 124 Å². The smallest absolute Gasteiger partial charge is 0.237 e. The summed E-state index contributed by atoms with van der Waals surface area (Å²) < 4.78 is 5.23. The third-order valence-electron chi connectivity index (χ3n) is 4.10. The fraction of sp³-hybridized carbons (Fsp3) is 0.353. The first-order chi connectivity index (χ1) is 10.2. The zero-order valence-corrected chi connectivity index (χ0v) is 12.2. The Kier molecular flexibility index (Phi) is 4.06. The second kappa shape index (κ2) is 6.14. The predicted molar refractivity (Wildman–Crippen MR) is 80.6 cm³/mol. The number of benzene rings is 1. The van der Waals surface area contributed by atoms with Crippen molar-refractivity contribution in [3.05, 3.63) is 59.5 Å². The average molecular weight is 284 g/mol. The molecule has 0 spiro atoms. The van der Waals surface area contributed by atoms with Gasteiger partial charge >= 0.3 is 0 Å². The van der Waals surface area contributed by atoms with Gasteiger partial charge in [-0.05, 0) is 36.6 Å². The molecule has 1 atom stereocenters. The number of nitrogens with one attached hydrogen (secondary N) is 1. The molecule has 0 radical (unpaired) electrons. The van der Waals surface area contributed by atoms with E-state index in [1.54, 1.807) is 6.26 Å². The lowest BCUT2D eigenvalue weighted by Crippen LogP contribution is -2.46. The number of amides is 1. The van der Waals surface area contributed by atoms with Crippen molar-refractivity contribution in [1.29, 1.82) is 0 Å². The van der Waals surface area contributed by atoms with E-state index in [2.05, 4.69) is 34.5 Å². The van der Waals surface area contributed by atoms with Crippen molar-refractivity contribution in [3.8, 4) is 0 Å². The molecule has 21 heavy (non-hydrogen) atoms. The van der Waals surface area contributed by atoms with Crippen molar-refractivity contribution in [1.82, 2.24) is 10.2 Å². The largest absolute Gasteiger partial charge is 0.467 e. The van der Waals surface area contributed by atoms with Crippen LogP contribution in [0.4, 0.5) is 0 Å². The number of carbonyl (C=O) groups excluding carboxylic acids is 1. The Balaban J connectivity index is 1.58. The summed E-state index contributed by atoms with van der Waals surface area (Å²) in [6, 6.07) is 12.0. The van der Waals surface area contributed by atoms with Crippen molar-refractivity contribution < 1.29 is 9.21 Å². The third kappa shape index (κ3) is 3.16. The normalized spacial score (nSPS) is 16.2. The molecular weight excluding hydrogens is 264 g/mol. The van der Waals surface area contributed by atoms with E-state index in [9.17, 15) is 4.79 Å². The first kappa shape index (κ1) is 13.9. The summed E-state index contributed by atoms with van der Waals surface area (Å²) in [5.74, 6) is 0.824. The minimum atomic E-state index is -0.131. The first-order valence-corrected chi connectivity index (χ1v) is 7.35. The van der Waals surface area contributed by atoms with Crippen LogP contribution < -0.4 is 5.32 Å². The van der Waals surface area contributed by atoms with Gasteiger partial charge in [0.05, 0.1) is 18.8 Å². The van der Waals surface area contributed by atoms with Crippen molar-refractivity contribution in [3.63, 3.8) is 0 Å². The zero-order chi connectivity index (χ0) is 14.7. The van der Waals surface area contributed by atoms with Gasteiger partial charge in [0.2, 0.25) is 5.91 Å². The molecule has 1 amide bonds. The minimum absolute atomic E-state index is 0.0470. The Morgan fingerprint density at radius 3 is 2.86 bits per heavy atom. The van der Waals surface area contributed by atoms with Gasteiger partial charge in [-0.2, -0.15) is 0 Å². The quantitative estimate of drug-likeness (QED) is 0.937. The topological polar surface area (TPSA) is 45.5 Å². The molecular formula is C17H20N2O2. The van der Waals surface area contributed by atoms with E-state index in [-0.39, 0.29) is 11.9 Å². The van der Waals surface area contributed by atoms with Crippen LogP contribution in [0.2, 0.25) is 0 Å². The van der Waals surface area contributed by atoms with Crippen LogP contribution in [-0.4, -0.2) is 23.4 Å². The Bertz CT molecular complexity index is 607. The summed E-state index contributed by atoms with van der Waals surface area (Å²) in [6.45, 7) is 4.17. The van der Waals surface area contributed by atoms with Crippen molar-refractivity contribution in [2.45, 2.75) is 32.5 Å². The van der Waals surface area contributed by atoms with Gasteiger partial charge in [-0.3, -0.25) is 9.69 Å². The van der Waals surface area contributed by atoms with E-state index >= 15 is 0 Å². The van der Waals surface area contributed by atoms with Crippen LogP contribution in [0, 0.1) is 0 Å². The summed E-state index contributed by atoms with van der Waals surface area (Å²) in [7, 11) is 0. The molecule has 2 aromatic rings. The first-order valence-electron chi connectivity index (χ1n) is 7.35. The molecule has 1 aliphatic rings. The van der Waals surface area contributed by atoms with Gasteiger partial charge in [-0.15, -0.1) is 0 Å². The Morgan fingerprint density at radius 1 is 1.29 bits per heavy atom. The highest BCUT2D eigenvalue weighted by molar-refractivity contribution is 5.81. The molecule has 0 aliphatic carbocycles. The lowest BCUT2D eigenvalue weighted by molar-refractivity contribution is -0.126. The number of nitrogens with zero attached hydrogens (tertiary/aromatic N) is 1. The number of hydrogen-bond acceptors (Lipinski definition) is 3. The Morgan fingerprint density at radius 2 is 2.10 bits per heavy atom. The number of fused-ring (bicyclic) bond motifs is 1. The summed E-state index contributed by atoms with van der Waals surface area (Å²) in [5, 5.41) is 2.93.